The average molecular weight is 332 g/mol. The van der Waals surface area contributed by atoms with E-state index in [2.05, 4.69) is 9.69 Å². The SMILES string of the molecule is [C-]#[N+]C(C#N)=c1c2ccc(C)cc2c(=C(C#N)[N+]#[C-])c2ccc(C)cc12. The molecule has 0 amide bonds. The molecular weight excluding hydrogens is 320 g/mol. The third-order valence-corrected chi connectivity index (χ3v) is 4.34. The van der Waals surface area contributed by atoms with Crippen molar-refractivity contribution in [3.8, 4) is 12.1 Å². The first-order valence-corrected chi connectivity index (χ1v) is 7.82. The Kier molecular flexibility index (Phi) is 4.12. The molecule has 3 aromatic carbocycles. The molecule has 0 bridgehead atoms. The summed E-state index contributed by atoms with van der Waals surface area (Å²) in [5.41, 5.74) is 1.95. The van der Waals surface area contributed by atoms with E-state index in [1.54, 1.807) is 0 Å². The number of nitrogens with zero attached hydrogens (tertiary/aromatic N) is 4. The highest BCUT2D eigenvalue weighted by molar-refractivity contribution is 6.04. The van der Waals surface area contributed by atoms with Crippen LogP contribution in [0.3, 0.4) is 0 Å². The van der Waals surface area contributed by atoms with Gasteiger partial charge in [-0.25, -0.2) is 20.2 Å². The minimum absolute atomic E-state index is 0.00215. The normalized spacial score (nSPS) is 12.5. The van der Waals surface area contributed by atoms with Gasteiger partial charge < -0.3 is 0 Å². The standard InChI is InChI=1S/C22H12N4/c1-13-5-7-15-17(9-13)21(19(11-23)25-3)16-8-6-14(2)10-18(16)22(15)20(12-24)26-4/h5-10H,1-2H3. The second-order valence-electron chi connectivity index (χ2n) is 5.99. The van der Waals surface area contributed by atoms with Gasteiger partial charge in [-0.2, -0.15) is 0 Å². The molecule has 3 rings (SSSR count). The lowest BCUT2D eigenvalue weighted by Crippen LogP contribution is -2.18. The van der Waals surface area contributed by atoms with Gasteiger partial charge in [-0.3, -0.25) is 0 Å². The Morgan fingerprint density at radius 3 is 1.42 bits per heavy atom. The van der Waals surface area contributed by atoms with Crippen LogP contribution >= 0.6 is 0 Å². The maximum atomic E-state index is 9.49. The van der Waals surface area contributed by atoms with Crippen molar-refractivity contribution in [2.75, 3.05) is 0 Å². The van der Waals surface area contributed by atoms with E-state index in [0.29, 0.717) is 32.0 Å². The van der Waals surface area contributed by atoms with Crippen LogP contribution < -0.4 is 10.4 Å². The first-order valence-electron chi connectivity index (χ1n) is 7.82. The molecule has 120 valence electrons. The minimum Gasteiger partial charge on any atom is -0.226 e. The van der Waals surface area contributed by atoms with Crippen LogP contribution in [-0.4, -0.2) is 0 Å². The molecule has 26 heavy (non-hydrogen) atoms. The van der Waals surface area contributed by atoms with E-state index < -0.39 is 0 Å². The summed E-state index contributed by atoms with van der Waals surface area (Å²) < 4.78 is 0. The van der Waals surface area contributed by atoms with E-state index in [1.807, 2.05) is 62.4 Å². The van der Waals surface area contributed by atoms with Crippen molar-refractivity contribution in [2.45, 2.75) is 13.8 Å². The van der Waals surface area contributed by atoms with E-state index in [0.717, 1.165) is 11.1 Å². The van der Waals surface area contributed by atoms with Gasteiger partial charge >= 0.3 is 0 Å². The molecule has 0 saturated heterocycles. The van der Waals surface area contributed by atoms with Crippen LogP contribution in [-0.2, 0) is 0 Å². The summed E-state index contributed by atoms with van der Waals surface area (Å²) in [7, 11) is 0. The van der Waals surface area contributed by atoms with Crippen LogP contribution in [0.15, 0.2) is 36.4 Å². The van der Waals surface area contributed by atoms with Crippen LogP contribution in [0, 0.1) is 49.7 Å². The molecule has 0 aliphatic rings. The molecule has 0 radical (unpaired) electrons. The number of rotatable bonds is 0. The summed E-state index contributed by atoms with van der Waals surface area (Å²) in [5.74, 6) is 0. The van der Waals surface area contributed by atoms with Gasteiger partial charge in [-0.05, 0) is 35.4 Å². The molecular formula is C22H12N4. The van der Waals surface area contributed by atoms with Gasteiger partial charge in [0.1, 0.15) is 0 Å². The fourth-order valence-corrected chi connectivity index (χ4v) is 3.24. The van der Waals surface area contributed by atoms with Gasteiger partial charge in [0.05, 0.1) is 25.3 Å². The number of fused-ring (bicyclic) bond motifs is 2. The Morgan fingerprint density at radius 1 is 0.731 bits per heavy atom. The van der Waals surface area contributed by atoms with Gasteiger partial charge in [0.2, 0.25) is 0 Å². The zero-order valence-electron chi connectivity index (χ0n) is 14.3. The highest BCUT2D eigenvalue weighted by atomic mass is 14.7. The number of benzene rings is 3. The van der Waals surface area contributed by atoms with Crippen LogP contribution in [0.25, 0.3) is 42.6 Å². The predicted molar refractivity (Wildman–Crippen MR) is 101 cm³/mol. The summed E-state index contributed by atoms with van der Waals surface area (Å²) in [6.45, 7) is 18.7. The topological polar surface area (TPSA) is 56.3 Å². The zero-order valence-corrected chi connectivity index (χ0v) is 14.3. The van der Waals surface area contributed by atoms with E-state index in [9.17, 15) is 10.5 Å². The molecule has 0 aromatic heterocycles. The average Bonchev–Trinajstić information content (AvgIpc) is 2.64. The second-order valence-corrected chi connectivity index (χ2v) is 5.99. The smallest absolute Gasteiger partial charge is 0.226 e. The van der Waals surface area contributed by atoms with Crippen molar-refractivity contribution in [2.24, 2.45) is 0 Å². The van der Waals surface area contributed by atoms with Crippen LogP contribution in [0.5, 0.6) is 0 Å². The molecule has 0 fully saturated rings. The van der Waals surface area contributed by atoms with Gasteiger partial charge in [0.25, 0.3) is 11.4 Å². The van der Waals surface area contributed by atoms with Crippen molar-refractivity contribution in [3.05, 3.63) is 80.8 Å². The highest BCUT2D eigenvalue weighted by Crippen LogP contribution is 2.19. The summed E-state index contributed by atoms with van der Waals surface area (Å²) in [6, 6.07) is 15.3. The fraction of sp³-hybridized carbons (Fsp3) is 0.0909. The molecule has 0 saturated carbocycles. The molecule has 0 atom stereocenters. The Morgan fingerprint density at radius 2 is 1.12 bits per heavy atom. The lowest BCUT2D eigenvalue weighted by molar-refractivity contribution is 1.47. The third-order valence-electron chi connectivity index (χ3n) is 4.34. The van der Waals surface area contributed by atoms with Crippen molar-refractivity contribution in [3.63, 3.8) is 0 Å². The van der Waals surface area contributed by atoms with Gasteiger partial charge in [0, 0.05) is 10.4 Å². The van der Waals surface area contributed by atoms with E-state index in [1.165, 1.54) is 0 Å². The van der Waals surface area contributed by atoms with Crippen molar-refractivity contribution in [1.29, 1.82) is 10.5 Å². The quantitative estimate of drug-likeness (QED) is 0.465. The summed E-state index contributed by atoms with van der Waals surface area (Å²) in [5, 5.41) is 22.9. The van der Waals surface area contributed by atoms with Gasteiger partial charge in [-0.1, -0.05) is 47.5 Å². The molecule has 0 spiro atoms. The van der Waals surface area contributed by atoms with Gasteiger partial charge in [0.15, 0.2) is 0 Å². The molecule has 0 aliphatic carbocycles. The van der Waals surface area contributed by atoms with Crippen LogP contribution in [0.4, 0.5) is 0 Å². The minimum atomic E-state index is 0.00215. The lowest BCUT2D eigenvalue weighted by atomic mass is 9.94. The summed E-state index contributed by atoms with van der Waals surface area (Å²) in [4.78, 5) is 6.83. The second kappa shape index (κ2) is 6.41. The van der Waals surface area contributed by atoms with Gasteiger partial charge in [-0.15, -0.1) is 0 Å². The van der Waals surface area contributed by atoms with E-state index in [-0.39, 0.29) is 11.4 Å². The van der Waals surface area contributed by atoms with Crippen molar-refractivity contribution >= 4 is 32.9 Å². The first-order chi connectivity index (χ1) is 12.5. The Hall–Kier alpha value is -4.12. The Bertz CT molecular complexity index is 1240. The largest absolute Gasteiger partial charge is 0.270 e. The summed E-state index contributed by atoms with van der Waals surface area (Å²) in [6.07, 6.45) is 0. The third kappa shape index (κ3) is 2.44. The number of hydrogen-bond donors (Lipinski definition) is 0. The van der Waals surface area contributed by atoms with E-state index in [4.69, 9.17) is 13.1 Å². The highest BCUT2D eigenvalue weighted by Gasteiger charge is 2.12. The Balaban J connectivity index is 2.97. The number of hydrogen-bond acceptors (Lipinski definition) is 2. The zero-order chi connectivity index (χ0) is 18.8. The van der Waals surface area contributed by atoms with Crippen molar-refractivity contribution in [1.82, 2.24) is 0 Å². The first kappa shape index (κ1) is 16.7. The van der Waals surface area contributed by atoms with Crippen LogP contribution in [0.1, 0.15) is 11.1 Å². The Labute approximate surface area is 150 Å². The molecule has 4 heteroatoms. The lowest BCUT2D eigenvalue weighted by Gasteiger charge is -2.10. The molecule has 3 aromatic rings. The maximum absolute atomic E-state index is 9.49. The summed E-state index contributed by atoms with van der Waals surface area (Å²) >= 11 is 0. The molecule has 0 aliphatic heterocycles. The molecule has 4 nitrogen and oxygen atoms in total. The predicted octanol–water partition coefficient (Wildman–Crippen LogP) is 3.71. The molecule has 0 N–H and O–H groups in total. The molecule has 0 unspecified atom stereocenters. The number of aryl methyl sites for hydroxylation is 2. The number of nitriles is 2. The van der Waals surface area contributed by atoms with Crippen molar-refractivity contribution < 1.29 is 0 Å². The maximum Gasteiger partial charge on any atom is 0.270 e. The monoisotopic (exact) mass is 332 g/mol. The van der Waals surface area contributed by atoms with E-state index >= 15 is 0 Å². The van der Waals surface area contributed by atoms with Crippen LogP contribution in [0.2, 0.25) is 0 Å². The fourth-order valence-electron chi connectivity index (χ4n) is 3.24. The molecule has 0 heterocycles.